The largest absolute Gasteiger partial charge is 0.573 e. The molecular formula is C21H17F3N2O5. The van der Waals surface area contributed by atoms with E-state index >= 15 is 0 Å². The molecule has 0 radical (unpaired) electrons. The van der Waals surface area contributed by atoms with Crippen molar-refractivity contribution in [2.24, 2.45) is 0 Å². The summed E-state index contributed by atoms with van der Waals surface area (Å²) in [6, 6.07) is 10.7. The molecule has 0 aliphatic rings. The molecule has 0 saturated heterocycles. The molecule has 0 aliphatic heterocycles. The van der Waals surface area contributed by atoms with Crippen molar-refractivity contribution in [3.8, 4) is 23.0 Å². The lowest BCUT2D eigenvalue weighted by atomic mass is 10.1. The van der Waals surface area contributed by atoms with E-state index in [0.717, 1.165) is 23.8 Å². The van der Waals surface area contributed by atoms with Gasteiger partial charge in [-0.2, -0.15) is 0 Å². The number of benzene rings is 2. The van der Waals surface area contributed by atoms with Crippen LogP contribution < -0.4 is 25.1 Å². The van der Waals surface area contributed by atoms with Gasteiger partial charge in [0.25, 0.3) is 5.91 Å². The maximum atomic E-state index is 12.8. The summed E-state index contributed by atoms with van der Waals surface area (Å²) in [6.07, 6.45) is -3.63. The van der Waals surface area contributed by atoms with Crippen LogP contribution in [0.5, 0.6) is 23.0 Å². The van der Waals surface area contributed by atoms with Crippen molar-refractivity contribution < 1.29 is 32.2 Å². The van der Waals surface area contributed by atoms with Crippen LogP contribution in [-0.2, 0) is 0 Å². The van der Waals surface area contributed by atoms with Crippen LogP contribution in [-0.4, -0.2) is 24.4 Å². The maximum absolute atomic E-state index is 12.8. The lowest BCUT2D eigenvalue weighted by Crippen LogP contribution is -2.19. The molecule has 0 unspecified atom stereocenters. The maximum Gasteiger partial charge on any atom is 0.573 e. The van der Waals surface area contributed by atoms with Gasteiger partial charge in [0.1, 0.15) is 11.5 Å². The molecule has 0 aliphatic carbocycles. The Morgan fingerprint density at radius 1 is 1.00 bits per heavy atom. The van der Waals surface area contributed by atoms with Crippen LogP contribution in [0.4, 0.5) is 18.9 Å². The summed E-state index contributed by atoms with van der Waals surface area (Å²) in [5, 5.41) is 2.45. The molecule has 3 aromatic rings. The SMILES string of the molecule is COc1cc(C)ccc1Oc1ccc(OC(F)(F)F)cc1C(=O)Nc1cc[nH]c(=O)c1. The van der Waals surface area contributed by atoms with Crippen molar-refractivity contribution in [2.75, 3.05) is 12.4 Å². The third-order valence-corrected chi connectivity index (χ3v) is 4.00. The minimum Gasteiger partial charge on any atom is -0.493 e. The first-order valence-electron chi connectivity index (χ1n) is 8.87. The first-order valence-corrected chi connectivity index (χ1v) is 8.87. The number of anilines is 1. The molecule has 0 saturated carbocycles. The minimum atomic E-state index is -4.94. The Balaban J connectivity index is 1.99. The zero-order valence-corrected chi connectivity index (χ0v) is 16.4. The number of nitrogens with one attached hydrogen (secondary N) is 2. The van der Waals surface area contributed by atoms with Crippen molar-refractivity contribution in [2.45, 2.75) is 13.3 Å². The molecule has 0 fully saturated rings. The molecule has 10 heteroatoms. The third-order valence-electron chi connectivity index (χ3n) is 4.00. The summed E-state index contributed by atoms with van der Waals surface area (Å²) in [5.41, 5.74) is 0.331. The minimum absolute atomic E-state index is 0.0426. The van der Waals surface area contributed by atoms with Crippen molar-refractivity contribution >= 4 is 11.6 Å². The van der Waals surface area contributed by atoms with E-state index in [1.165, 1.54) is 25.4 Å². The molecule has 2 N–H and O–H groups in total. The number of ether oxygens (including phenoxy) is 3. The van der Waals surface area contributed by atoms with E-state index in [2.05, 4.69) is 15.0 Å². The monoisotopic (exact) mass is 434 g/mol. The molecule has 0 bridgehead atoms. The molecule has 31 heavy (non-hydrogen) atoms. The quantitative estimate of drug-likeness (QED) is 0.590. The van der Waals surface area contributed by atoms with E-state index in [4.69, 9.17) is 9.47 Å². The van der Waals surface area contributed by atoms with E-state index in [-0.39, 0.29) is 22.7 Å². The van der Waals surface area contributed by atoms with Gasteiger partial charge in [-0.25, -0.2) is 0 Å². The molecule has 1 aromatic heterocycles. The van der Waals surface area contributed by atoms with E-state index in [1.807, 2.05) is 6.92 Å². The summed E-state index contributed by atoms with van der Waals surface area (Å²) in [5.74, 6) is -0.829. The number of rotatable bonds is 6. The molecule has 1 amide bonds. The Labute approximate surface area is 174 Å². The number of amides is 1. The predicted molar refractivity (Wildman–Crippen MR) is 106 cm³/mol. The molecule has 0 spiro atoms. The van der Waals surface area contributed by atoms with Gasteiger partial charge in [0.15, 0.2) is 11.5 Å². The normalized spacial score (nSPS) is 11.0. The number of aromatic nitrogens is 1. The van der Waals surface area contributed by atoms with Crippen LogP contribution in [0, 0.1) is 6.92 Å². The molecule has 0 atom stereocenters. The van der Waals surface area contributed by atoms with Gasteiger partial charge >= 0.3 is 6.36 Å². The van der Waals surface area contributed by atoms with Gasteiger partial charge in [0, 0.05) is 18.0 Å². The topological polar surface area (TPSA) is 89.7 Å². The molecule has 1 heterocycles. The average Bonchev–Trinajstić information content (AvgIpc) is 2.69. The van der Waals surface area contributed by atoms with Gasteiger partial charge in [-0.3, -0.25) is 9.59 Å². The van der Waals surface area contributed by atoms with Gasteiger partial charge < -0.3 is 24.5 Å². The molecule has 162 valence electrons. The Hall–Kier alpha value is -3.95. The highest BCUT2D eigenvalue weighted by molar-refractivity contribution is 6.06. The number of carbonyl (C=O) groups is 1. The highest BCUT2D eigenvalue weighted by Crippen LogP contribution is 2.36. The van der Waals surface area contributed by atoms with E-state index < -0.39 is 23.6 Å². The zero-order valence-electron chi connectivity index (χ0n) is 16.4. The van der Waals surface area contributed by atoms with Crippen molar-refractivity contribution in [3.63, 3.8) is 0 Å². The highest BCUT2D eigenvalue weighted by Gasteiger charge is 2.31. The van der Waals surface area contributed by atoms with Crippen LogP contribution in [0.2, 0.25) is 0 Å². The standard InChI is InChI=1S/C21H17F3N2O5/c1-12-3-5-17(18(9-12)29-2)30-16-6-4-14(31-21(22,23)24)11-15(16)20(28)26-13-7-8-25-19(27)10-13/h3-11H,1-2H3,(H2,25,26,27,28). The number of halogens is 3. The van der Waals surface area contributed by atoms with Crippen LogP contribution in [0.1, 0.15) is 15.9 Å². The zero-order chi connectivity index (χ0) is 22.6. The van der Waals surface area contributed by atoms with Crippen molar-refractivity contribution in [1.82, 2.24) is 4.98 Å². The molecule has 2 aromatic carbocycles. The summed E-state index contributed by atoms with van der Waals surface area (Å²) < 4.78 is 52.9. The number of hydrogen-bond acceptors (Lipinski definition) is 5. The van der Waals surface area contributed by atoms with Crippen LogP contribution in [0.15, 0.2) is 59.5 Å². The molecule has 7 nitrogen and oxygen atoms in total. The second kappa shape index (κ2) is 8.82. The summed E-state index contributed by atoms with van der Waals surface area (Å²) in [6.45, 7) is 1.84. The van der Waals surface area contributed by atoms with Crippen LogP contribution >= 0.6 is 0 Å². The fourth-order valence-corrected chi connectivity index (χ4v) is 2.67. The number of pyridine rings is 1. The summed E-state index contributed by atoms with van der Waals surface area (Å²) in [7, 11) is 1.43. The second-order valence-electron chi connectivity index (χ2n) is 6.36. The van der Waals surface area contributed by atoms with E-state index in [0.29, 0.717) is 5.75 Å². The van der Waals surface area contributed by atoms with Crippen LogP contribution in [0.3, 0.4) is 0 Å². The van der Waals surface area contributed by atoms with E-state index in [9.17, 15) is 22.8 Å². The fraction of sp³-hybridized carbons (Fsp3) is 0.143. The van der Waals surface area contributed by atoms with Crippen molar-refractivity contribution in [3.05, 3.63) is 76.2 Å². The highest BCUT2D eigenvalue weighted by atomic mass is 19.4. The molecule has 3 rings (SSSR count). The van der Waals surface area contributed by atoms with Gasteiger partial charge in [0.05, 0.1) is 12.7 Å². The van der Waals surface area contributed by atoms with Gasteiger partial charge in [0.2, 0.25) is 5.56 Å². The number of H-pyrrole nitrogens is 1. The average molecular weight is 434 g/mol. The van der Waals surface area contributed by atoms with Crippen LogP contribution in [0.25, 0.3) is 0 Å². The smallest absolute Gasteiger partial charge is 0.493 e. The molecular weight excluding hydrogens is 417 g/mol. The van der Waals surface area contributed by atoms with Gasteiger partial charge in [-0.15, -0.1) is 13.2 Å². The fourth-order valence-electron chi connectivity index (χ4n) is 2.67. The number of aromatic amines is 1. The first-order chi connectivity index (χ1) is 14.6. The Morgan fingerprint density at radius 2 is 1.74 bits per heavy atom. The Morgan fingerprint density at radius 3 is 2.42 bits per heavy atom. The number of alkyl halides is 3. The summed E-state index contributed by atoms with van der Waals surface area (Å²) in [4.78, 5) is 26.6. The number of carbonyl (C=O) groups excluding carboxylic acids is 1. The van der Waals surface area contributed by atoms with E-state index in [1.54, 1.807) is 18.2 Å². The number of methoxy groups -OCH3 is 1. The first kappa shape index (κ1) is 21.8. The Kier molecular flexibility index (Phi) is 6.19. The second-order valence-corrected chi connectivity index (χ2v) is 6.36. The van der Waals surface area contributed by atoms with Gasteiger partial charge in [-0.1, -0.05) is 6.07 Å². The summed E-state index contributed by atoms with van der Waals surface area (Å²) >= 11 is 0. The van der Waals surface area contributed by atoms with Crippen molar-refractivity contribution in [1.29, 1.82) is 0 Å². The predicted octanol–water partition coefficient (Wildman–Crippen LogP) is 4.64. The van der Waals surface area contributed by atoms with Gasteiger partial charge in [-0.05, 0) is 48.9 Å². The third kappa shape index (κ3) is 5.78. The lowest BCUT2D eigenvalue weighted by Gasteiger charge is -2.16. The number of aryl methyl sites for hydroxylation is 1. The lowest BCUT2D eigenvalue weighted by molar-refractivity contribution is -0.274. The Bertz CT molecular complexity index is 1160. The number of hydrogen-bond donors (Lipinski definition) is 2.